The Bertz CT molecular complexity index is 954. The van der Waals surface area contributed by atoms with E-state index in [0.29, 0.717) is 19.8 Å². The van der Waals surface area contributed by atoms with E-state index in [0.717, 1.165) is 24.9 Å². The van der Waals surface area contributed by atoms with Crippen LogP contribution in [0.25, 0.3) is 0 Å². The van der Waals surface area contributed by atoms with Gasteiger partial charge in [-0.05, 0) is 44.5 Å². The summed E-state index contributed by atoms with van der Waals surface area (Å²) in [6, 6.07) is 7.12. The Balaban J connectivity index is 1.51. The van der Waals surface area contributed by atoms with Crippen molar-refractivity contribution in [2.75, 3.05) is 26.4 Å². The first kappa shape index (κ1) is 35.9. The Morgan fingerprint density at radius 2 is 1.44 bits per heavy atom. The fourth-order valence-electron chi connectivity index (χ4n) is 4.73. The first-order chi connectivity index (χ1) is 19.9. The summed E-state index contributed by atoms with van der Waals surface area (Å²) in [4.78, 5) is 11.5. The van der Waals surface area contributed by atoms with Gasteiger partial charge in [0.15, 0.2) is 12.7 Å². The van der Waals surface area contributed by atoms with E-state index in [1.165, 1.54) is 81.9 Å². The van der Waals surface area contributed by atoms with Crippen LogP contribution in [-0.2, 0) is 25.1 Å². The molecule has 2 atom stereocenters. The van der Waals surface area contributed by atoms with Gasteiger partial charge in [-0.2, -0.15) is 4.57 Å². The molecule has 7 nitrogen and oxygen atoms in total. The highest BCUT2D eigenvalue weighted by Gasteiger charge is 2.25. The molecule has 2 unspecified atom stereocenters. The number of hydrogen-bond donors (Lipinski definition) is 1. The Morgan fingerprint density at radius 3 is 1.98 bits per heavy atom. The SMILES string of the molecule is CCCCCCCCCCCCCCCCOCC(COP(=O)(O)Oc1ccc(C[n+]2csc(C)c2)cc1)OCC. The van der Waals surface area contributed by atoms with Crippen molar-refractivity contribution in [1.29, 1.82) is 0 Å². The molecule has 2 aromatic rings. The van der Waals surface area contributed by atoms with E-state index in [1.807, 2.05) is 19.1 Å². The van der Waals surface area contributed by atoms with Crippen LogP contribution in [0.15, 0.2) is 36.0 Å². The second kappa shape index (κ2) is 22.3. The summed E-state index contributed by atoms with van der Waals surface area (Å²) in [6.45, 7) is 8.32. The third-order valence-electron chi connectivity index (χ3n) is 7.00. The zero-order chi connectivity index (χ0) is 29.6. The number of phosphoric acid groups is 1. The van der Waals surface area contributed by atoms with Crippen LogP contribution in [0.2, 0.25) is 0 Å². The van der Waals surface area contributed by atoms with E-state index in [9.17, 15) is 9.46 Å². The molecule has 0 saturated heterocycles. The molecular formula is C32H55NO6PS+. The van der Waals surface area contributed by atoms with Gasteiger partial charge in [-0.1, -0.05) is 102 Å². The molecule has 0 radical (unpaired) electrons. The van der Waals surface area contributed by atoms with Crippen LogP contribution in [0.3, 0.4) is 0 Å². The van der Waals surface area contributed by atoms with Gasteiger partial charge in [0.1, 0.15) is 11.9 Å². The number of phosphoric ester groups is 1. The Labute approximate surface area is 253 Å². The third-order valence-corrected chi connectivity index (χ3v) is 8.77. The molecular weight excluding hydrogens is 557 g/mol. The number of unbranched alkanes of at least 4 members (excludes halogenated alkanes) is 13. The predicted octanol–water partition coefficient (Wildman–Crippen LogP) is 8.79. The normalized spacial score (nSPS) is 13.8. The minimum atomic E-state index is -4.29. The van der Waals surface area contributed by atoms with Gasteiger partial charge in [-0.15, -0.1) is 0 Å². The molecule has 1 N–H and O–H groups in total. The van der Waals surface area contributed by atoms with Gasteiger partial charge < -0.3 is 14.0 Å². The van der Waals surface area contributed by atoms with E-state index in [1.54, 1.807) is 23.5 Å². The monoisotopic (exact) mass is 612 g/mol. The summed E-state index contributed by atoms with van der Waals surface area (Å²) in [6.07, 6.45) is 20.2. The van der Waals surface area contributed by atoms with Crippen molar-refractivity contribution in [3.8, 4) is 5.75 Å². The van der Waals surface area contributed by atoms with Crippen molar-refractivity contribution in [2.24, 2.45) is 0 Å². The highest BCUT2D eigenvalue weighted by molar-refractivity contribution is 7.47. The predicted molar refractivity (Wildman–Crippen MR) is 168 cm³/mol. The average molecular weight is 613 g/mol. The quantitative estimate of drug-likeness (QED) is 0.0650. The van der Waals surface area contributed by atoms with E-state index in [2.05, 4.69) is 30.1 Å². The number of rotatable bonds is 26. The van der Waals surface area contributed by atoms with Crippen LogP contribution in [0.1, 0.15) is 114 Å². The highest BCUT2D eigenvalue weighted by Crippen LogP contribution is 2.44. The van der Waals surface area contributed by atoms with Crippen LogP contribution >= 0.6 is 19.2 Å². The lowest BCUT2D eigenvalue weighted by atomic mass is 10.0. The van der Waals surface area contributed by atoms with E-state index in [4.69, 9.17) is 18.5 Å². The van der Waals surface area contributed by atoms with Crippen LogP contribution in [0.5, 0.6) is 5.75 Å². The Kier molecular flexibility index (Phi) is 19.5. The molecule has 0 fully saturated rings. The summed E-state index contributed by atoms with van der Waals surface area (Å²) in [5, 5.41) is 0. The number of aryl methyl sites for hydroxylation is 1. The molecule has 0 amide bonds. The molecule has 0 aliphatic rings. The number of benzene rings is 1. The molecule has 0 saturated carbocycles. The first-order valence-corrected chi connectivity index (χ1v) is 18.2. The number of nitrogens with zero attached hydrogens (tertiary/aromatic N) is 1. The summed E-state index contributed by atoms with van der Waals surface area (Å²) in [7, 11) is -4.29. The molecule has 0 aliphatic carbocycles. The van der Waals surface area contributed by atoms with Gasteiger partial charge >= 0.3 is 7.82 Å². The van der Waals surface area contributed by atoms with E-state index < -0.39 is 13.9 Å². The van der Waals surface area contributed by atoms with Gasteiger partial charge in [0.05, 0.1) is 18.1 Å². The van der Waals surface area contributed by atoms with Crippen LogP contribution in [-0.4, -0.2) is 37.4 Å². The molecule has 234 valence electrons. The molecule has 1 heterocycles. The van der Waals surface area contributed by atoms with E-state index in [-0.39, 0.29) is 12.4 Å². The van der Waals surface area contributed by atoms with Gasteiger partial charge in [-0.25, -0.2) is 4.57 Å². The fraction of sp³-hybridized carbons (Fsp3) is 0.719. The van der Waals surface area contributed by atoms with Gasteiger partial charge in [0.2, 0.25) is 5.51 Å². The molecule has 1 aromatic heterocycles. The topological polar surface area (TPSA) is 78.1 Å². The van der Waals surface area contributed by atoms with E-state index >= 15 is 0 Å². The lowest BCUT2D eigenvalue weighted by molar-refractivity contribution is -0.683. The molecule has 2 rings (SSSR count). The zero-order valence-corrected chi connectivity index (χ0v) is 27.5. The Hall–Kier alpha value is -1.28. The molecule has 41 heavy (non-hydrogen) atoms. The minimum Gasteiger partial charge on any atom is -0.404 e. The van der Waals surface area contributed by atoms with Gasteiger partial charge in [0, 0.05) is 18.8 Å². The zero-order valence-electron chi connectivity index (χ0n) is 25.8. The third kappa shape index (κ3) is 18.1. The fourth-order valence-corrected chi connectivity index (χ4v) is 6.15. The molecule has 0 aliphatic heterocycles. The van der Waals surface area contributed by atoms with Crippen molar-refractivity contribution in [1.82, 2.24) is 0 Å². The molecule has 1 aromatic carbocycles. The molecule has 9 heteroatoms. The smallest absolute Gasteiger partial charge is 0.404 e. The maximum absolute atomic E-state index is 12.5. The number of ether oxygens (including phenoxy) is 2. The van der Waals surface area contributed by atoms with Crippen molar-refractivity contribution in [2.45, 2.75) is 123 Å². The summed E-state index contributed by atoms with van der Waals surface area (Å²) < 4.78 is 36.5. The van der Waals surface area contributed by atoms with Crippen LogP contribution in [0, 0.1) is 6.92 Å². The number of aromatic nitrogens is 1. The lowest BCUT2D eigenvalue weighted by Crippen LogP contribution is -2.30. The molecule has 0 bridgehead atoms. The van der Waals surface area contributed by atoms with Crippen LogP contribution in [0.4, 0.5) is 0 Å². The highest BCUT2D eigenvalue weighted by atomic mass is 32.1. The maximum atomic E-state index is 12.5. The van der Waals surface area contributed by atoms with Gasteiger partial charge in [0.25, 0.3) is 0 Å². The number of hydrogen-bond acceptors (Lipinski definition) is 6. The maximum Gasteiger partial charge on any atom is 0.527 e. The summed E-state index contributed by atoms with van der Waals surface area (Å²) in [5.41, 5.74) is 3.13. The largest absolute Gasteiger partial charge is 0.527 e. The van der Waals surface area contributed by atoms with Gasteiger partial charge in [-0.3, -0.25) is 9.42 Å². The minimum absolute atomic E-state index is 0.0768. The van der Waals surface area contributed by atoms with Crippen molar-refractivity contribution in [3.63, 3.8) is 0 Å². The first-order valence-electron chi connectivity index (χ1n) is 15.8. The summed E-state index contributed by atoms with van der Waals surface area (Å²) in [5.74, 6) is 0.285. The lowest BCUT2D eigenvalue weighted by Gasteiger charge is -2.19. The second-order valence-corrected chi connectivity index (χ2v) is 13.4. The second-order valence-electron chi connectivity index (χ2n) is 10.9. The standard InChI is InChI=1S/C32H54NO6PS/c1-4-6-7-8-9-10-11-12-13-14-15-16-17-18-23-36-26-32(37-5-2)27-38-40(34,35)39-31-21-19-30(20-22-31)25-33-24-29(3)41-28-33/h19-22,24,28,32H,4-18,23,25-27H2,1-3H3/p+1. The molecule has 0 spiro atoms. The van der Waals surface area contributed by atoms with Crippen LogP contribution < -0.4 is 9.09 Å². The summed E-state index contributed by atoms with van der Waals surface area (Å²) >= 11 is 1.69. The average Bonchev–Trinajstić information content (AvgIpc) is 3.36. The van der Waals surface area contributed by atoms with Crippen molar-refractivity contribution >= 4 is 19.2 Å². The van der Waals surface area contributed by atoms with Crippen molar-refractivity contribution in [3.05, 3.63) is 46.4 Å². The van der Waals surface area contributed by atoms with Crippen molar-refractivity contribution < 1.29 is 32.5 Å². The number of thiazole rings is 1. The Morgan fingerprint density at radius 1 is 0.854 bits per heavy atom.